The number of carbonyl (C=O) groups excluding carboxylic acids is 1. The van der Waals surface area contributed by atoms with Gasteiger partial charge in [0.1, 0.15) is 0 Å². The molecule has 1 aliphatic heterocycles. The Hall–Kier alpha value is -1.83. The average molecular weight is 429 g/mol. The first kappa shape index (κ1) is 20.9. The number of carbonyl (C=O) groups is 1. The molecule has 150 valence electrons. The van der Waals surface area contributed by atoms with E-state index in [2.05, 4.69) is 10.6 Å². The average Bonchev–Trinajstić information content (AvgIpc) is 3.11. The number of nitrogens with one attached hydrogen (secondary N) is 2. The third-order valence-corrected chi connectivity index (χ3v) is 6.02. The molecule has 0 fully saturated rings. The van der Waals surface area contributed by atoms with E-state index in [1.807, 2.05) is 30.5 Å². The molecular weight excluding hydrogens is 409 g/mol. The molecular formula is C20H20ClF3N2OS. The van der Waals surface area contributed by atoms with E-state index in [1.54, 1.807) is 18.2 Å². The van der Waals surface area contributed by atoms with Crippen LogP contribution in [0.15, 0.2) is 47.9 Å². The molecule has 0 radical (unpaired) electrons. The van der Waals surface area contributed by atoms with Crippen molar-refractivity contribution in [3.05, 3.63) is 63.9 Å². The topological polar surface area (TPSA) is 41.1 Å². The van der Waals surface area contributed by atoms with Gasteiger partial charge in [-0.3, -0.25) is 4.79 Å². The fourth-order valence-corrected chi connectivity index (χ4v) is 4.72. The minimum Gasteiger partial charge on any atom is -0.322 e. The van der Waals surface area contributed by atoms with Gasteiger partial charge in [-0.05, 0) is 29.5 Å². The molecule has 28 heavy (non-hydrogen) atoms. The van der Waals surface area contributed by atoms with Crippen molar-refractivity contribution >= 4 is 34.5 Å². The Labute approximate surface area is 170 Å². The lowest BCUT2D eigenvalue weighted by Gasteiger charge is -2.30. The predicted molar refractivity (Wildman–Crippen MR) is 107 cm³/mol. The molecule has 2 aromatic rings. The van der Waals surface area contributed by atoms with Gasteiger partial charge in [-0.25, -0.2) is 0 Å². The Morgan fingerprint density at radius 3 is 2.71 bits per heavy atom. The van der Waals surface area contributed by atoms with E-state index in [4.69, 9.17) is 11.6 Å². The highest BCUT2D eigenvalue weighted by molar-refractivity contribution is 7.10. The lowest BCUT2D eigenvalue weighted by molar-refractivity contribution is -0.126. The highest BCUT2D eigenvalue weighted by Gasteiger charge is 2.33. The van der Waals surface area contributed by atoms with Gasteiger partial charge in [-0.2, -0.15) is 13.2 Å². The van der Waals surface area contributed by atoms with Crippen molar-refractivity contribution in [2.75, 3.05) is 11.9 Å². The molecule has 3 rings (SSSR count). The van der Waals surface area contributed by atoms with Crippen LogP contribution in [0.5, 0.6) is 0 Å². The molecule has 3 nitrogen and oxygen atoms in total. The molecule has 1 aromatic heterocycles. The molecule has 2 heterocycles. The van der Waals surface area contributed by atoms with Crippen molar-refractivity contribution in [3.8, 4) is 0 Å². The van der Waals surface area contributed by atoms with Crippen molar-refractivity contribution in [3.63, 3.8) is 0 Å². The second-order valence-corrected chi connectivity index (χ2v) is 8.01. The second-order valence-electron chi connectivity index (χ2n) is 6.56. The largest absolute Gasteiger partial charge is 0.401 e. The number of fused-ring (bicyclic) bond motifs is 1. The van der Waals surface area contributed by atoms with Gasteiger partial charge in [0.2, 0.25) is 5.91 Å². The Morgan fingerprint density at radius 1 is 1.29 bits per heavy atom. The second kappa shape index (κ2) is 8.68. The maximum absolute atomic E-state index is 12.9. The molecule has 1 aromatic carbocycles. The van der Waals surface area contributed by atoms with Crippen molar-refractivity contribution in [1.82, 2.24) is 5.32 Å². The van der Waals surface area contributed by atoms with Gasteiger partial charge >= 0.3 is 6.18 Å². The number of hydrogen-bond acceptors (Lipinski definition) is 3. The Kier molecular flexibility index (Phi) is 6.47. The summed E-state index contributed by atoms with van der Waals surface area (Å²) in [5.74, 6) is -0.528. The van der Waals surface area contributed by atoms with Crippen LogP contribution in [0.25, 0.3) is 0 Å². The van der Waals surface area contributed by atoms with Gasteiger partial charge in [-0.1, -0.05) is 31.2 Å². The monoisotopic (exact) mass is 428 g/mol. The number of anilines is 1. The molecule has 0 saturated carbocycles. The summed E-state index contributed by atoms with van der Waals surface area (Å²) in [6.45, 7) is 0.857. The van der Waals surface area contributed by atoms with E-state index in [1.165, 1.54) is 17.4 Å². The van der Waals surface area contributed by atoms with Crippen LogP contribution in [-0.4, -0.2) is 18.6 Å². The first-order valence-electron chi connectivity index (χ1n) is 8.89. The number of halogens is 4. The lowest BCUT2D eigenvalue weighted by atomic mass is 9.83. The number of alkyl halides is 4. The van der Waals surface area contributed by atoms with E-state index < -0.39 is 24.1 Å². The zero-order chi connectivity index (χ0) is 20.3. The van der Waals surface area contributed by atoms with Crippen LogP contribution >= 0.6 is 22.9 Å². The summed E-state index contributed by atoms with van der Waals surface area (Å²) in [5, 5.41) is 6.79. The summed E-state index contributed by atoms with van der Waals surface area (Å²) in [5.41, 5.74) is 2.15. The first-order valence-corrected chi connectivity index (χ1v) is 10.2. The molecule has 0 spiro atoms. The molecule has 0 saturated heterocycles. The predicted octanol–water partition coefficient (Wildman–Crippen LogP) is 5.92. The van der Waals surface area contributed by atoms with Gasteiger partial charge in [0, 0.05) is 34.2 Å². The van der Waals surface area contributed by atoms with Crippen LogP contribution in [0.3, 0.4) is 0 Å². The highest BCUT2D eigenvalue weighted by Crippen LogP contribution is 2.43. The van der Waals surface area contributed by atoms with Crippen molar-refractivity contribution in [1.29, 1.82) is 0 Å². The van der Waals surface area contributed by atoms with E-state index >= 15 is 0 Å². The van der Waals surface area contributed by atoms with Gasteiger partial charge in [0.25, 0.3) is 0 Å². The van der Waals surface area contributed by atoms with Crippen LogP contribution in [0, 0.1) is 0 Å². The maximum Gasteiger partial charge on any atom is 0.401 e. The van der Waals surface area contributed by atoms with Gasteiger partial charge in [0.05, 0.1) is 11.9 Å². The maximum atomic E-state index is 12.9. The summed E-state index contributed by atoms with van der Waals surface area (Å²) in [7, 11) is 0. The Morgan fingerprint density at radius 2 is 2.07 bits per heavy atom. The van der Waals surface area contributed by atoms with Crippen molar-refractivity contribution in [2.45, 2.75) is 36.9 Å². The summed E-state index contributed by atoms with van der Waals surface area (Å²) in [6.07, 6.45) is -0.735. The van der Waals surface area contributed by atoms with E-state index in [9.17, 15) is 18.0 Å². The summed E-state index contributed by atoms with van der Waals surface area (Å²) >= 11 is 7.94. The number of hydrogen-bond donors (Lipinski definition) is 2. The SMILES string of the molecule is CCC(c1cccc2c1C(Cl)C=CC(=O)N2)C(NCC(F)(F)F)c1cccs1. The third-order valence-electron chi connectivity index (χ3n) is 4.70. The van der Waals surface area contributed by atoms with E-state index in [0.29, 0.717) is 12.1 Å². The highest BCUT2D eigenvalue weighted by atomic mass is 35.5. The summed E-state index contributed by atoms with van der Waals surface area (Å²) < 4.78 is 38.8. The fraction of sp³-hybridized carbons (Fsp3) is 0.350. The van der Waals surface area contributed by atoms with Crippen LogP contribution < -0.4 is 10.6 Å². The van der Waals surface area contributed by atoms with Crippen LogP contribution in [0.1, 0.15) is 46.7 Å². The molecule has 2 N–H and O–H groups in total. The number of allylic oxidation sites excluding steroid dienone is 1. The van der Waals surface area contributed by atoms with Crippen molar-refractivity contribution < 1.29 is 18.0 Å². The van der Waals surface area contributed by atoms with Gasteiger partial charge in [-0.15, -0.1) is 22.9 Å². The Balaban J connectivity index is 2.05. The van der Waals surface area contributed by atoms with Gasteiger partial charge in [0.15, 0.2) is 0 Å². The quantitative estimate of drug-likeness (QED) is 0.560. The molecule has 3 unspecified atom stereocenters. The van der Waals surface area contributed by atoms with Crippen molar-refractivity contribution in [2.24, 2.45) is 0 Å². The van der Waals surface area contributed by atoms with E-state index in [0.717, 1.165) is 16.0 Å². The van der Waals surface area contributed by atoms with Gasteiger partial charge < -0.3 is 10.6 Å². The molecule has 0 aliphatic carbocycles. The third kappa shape index (κ3) is 4.77. The summed E-state index contributed by atoms with van der Waals surface area (Å²) in [4.78, 5) is 12.7. The minimum atomic E-state index is -4.31. The van der Waals surface area contributed by atoms with E-state index in [-0.39, 0.29) is 11.8 Å². The lowest BCUT2D eigenvalue weighted by Crippen LogP contribution is -2.35. The first-order chi connectivity index (χ1) is 13.3. The standard InChI is InChI=1S/C20H20ClF3N2OS/c1-2-12(19(16-7-4-10-28-16)25-11-20(22,23)24)13-5-3-6-15-18(13)14(21)8-9-17(27)26-15/h3-10,12,14,19,25H,2,11H2,1H3,(H,26,27). The zero-order valence-electron chi connectivity index (χ0n) is 15.1. The normalized spacial score (nSPS) is 18.9. The molecule has 8 heteroatoms. The number of amides is 1. The molecule has 3 atom stereocenters. The molecule has 1 aliphatic rings. The molecule has 1 amide bonds. The number of thiophene rings is 1. The summed E-state index contributed by atoms with van der Waals surface area (Å²) in [6, 6.07) is 8.57. The smallest absolute Gasteiger partial charge is 0.322 e. The fourth-order valence-electron chi connectivity index (χ4n) is 3.54. The number of benzene rings is 1. The van der Waals surface area contributed by atoms with Crippen LogP contribution in [0.4, 0.5) is 18.9 Å². The molecule has 0 bridgehead atoms. The Bertz CT molecular complexity index is 852. The van der Waals surface area contributed by atoms with Crippen LogP contribution in [0.2, 0.25) is 0 Å². The number of rotatable bonds is 6. The van der Waals surface area contributed by atoms with Crippen LogP contribution in [-0.2, 0) is 4.79 Å². The minimum absolute atomic E-state index is 0.249. The zero-order valence-corrected chi connectivity index (χ0v) is 16.7.